The summed E-state index contributed by atoms with van der Waals surface area (Å²) in [6.07, 6.45) is 1.28. The molecule has 2 aromatic rings. The van der Waals surface area contributed by atoms with E-state index < -0.39 is 11.9 Å². The molecule has 0 aliphatic rings. The summed E-state index contributed by atoms with van der Waals surface area (Å²) in [5.41, 5.74) is 1.43. The van der Waals surface area contributed by atoms with Crippen LogP contribution in [0.25, 0.3) is 0 Å². The van der Waals surface area contributed by atoms with Crippen molar-refractivity contribution in [2.24, 2.45) is 0 Å². The first-order valence-electron chi connectivity index (χ1n) is 6.02. The van der Waals surface area contributed by atoms with Gasteiger partial charge in [-0.05, 0) is 31.2 Å². The number of nitrogens with zero attached hydrogens (tertiary/aromatic N) is 2. The quantitative estimate of drug-likeness (QED) is 0.897. The molecular formula is C15H11N3O3. The van der Waals surface area contributed by atoms with Gasteiger partial charge in [-0.25, -0.2) is 9.78 Å². The summed E-state index contributed by atoms with van der Waals surface area (Å²) in [7, 11) is 0. The molecule has 104 valence electrons. The first-order chi connectivity index (χ1) is 10.0. The van der Waals surface area contributed by atoms with E-state index in [1.807, 2.05) is 6.07 Å². The summed E-state index contributed by atoms with van der Waals surface area (Å²) in [6.45, 7) is 1.76. The molecule has 0 spiro atoms. The van der Waals surface area contributed by atoms with Crippen molar-refractivity contribution < 1.29 is 14.7 Å². The molecule has 2 rings (SSSR count). The Labute approximate surface area is 120 Å². The van der Waals surface area contributed by atoms with Gasteiger partial charge in [0.1, 0.15) is 11.8 Å². The molecule has 6 heteroatoms. The van der Waals surface area contributed by atoms with Crippen molar-refractivity contribution in [1.29, 1.82) is 5.26 Å². The van der Waals surface area contributed by atoms with E-state index in [0.717, 1.165) is 5.56 Å². The number of aromatic carboxylic acids is 1. The predicted molar refractivity (Wildman–Crippen MR) is 75.0 cm³/mol. The molecule has 0 bridgehead atoms. The zero-order valence-corrected chi connectivity index (χ0v) is 11.1. The van der Waals surface area contributed by atoms with Crippen LogP contribution in [-0.2, 0) is 0 Å². The molecule has 6 nitrogen and oxygen atoms in total. The lowest BCUT2D eigenvalue weighted by molar-refractivity contribution is 0.0698. The second kappa shape index (κ2) is 5.84. The molecule has 1 aromatic heterocycles. The van der Waals surface area contributed by atoms with Gasteiger partial charge in [0.15, 0.2) is 0 Å². The van der Waals surface area contributed by atoms with Gasteiger partial charge in [0, 0.05) is 6.20 Å². The number of rotatable bonds is 3. The minimum atomic E-state index is -1.12. The minimum Gasteiger partial charge on any atom is -0.478 e. The van der Waals surface area contributed by atoms with Crippen LogP contribution in [0.15, 0.2) is 36.5 Å². The van der Waals surface area contributed by atoms with E-state index in [-0.39, 0.29) is 16.9 Å². The fraction of sp³-hybridized carbons (Fsp3) is 0.0667. The summed E-state index contributed by atoms with van der Waals surface area (Å²) < 4.78 is 0. The predicted octanol–water partition coefficient (Wildman–Crippen LogP) is 2.21. The standard InChI is InChI=1S/C15H11N3O3/c1-9-2-4-12(11(6-9)15(20)21)18-14(19)13-5-3-10(7-16)8-17-13/h2-6,8H,1H3,(H,18,19)(H,20,21). The maximum absolute atomic E-state index is 12.0. The van der Waals surface area contributed by atoms with Crippen molar-refractivity contribution in [1.82, 2.24) is 4.98 Å². The largest absolute Gasteiger partial charge is 0.478 e. The highest BCUT2D eigenvalue weighted by molar-refractivity contribution is 6.06. The van der Waals surface area contributed by atoms with Crippen LogP contribution in [0.5, 0.6) is 0 Å². The third kappa shape index (κ3) is 3.22. The molecule has 1 aromatic carbocycles. The normalized spacial score (nSPS) is 9.71. The molecule has 0 radical (unpaired) electrons. The fourth-order valence-electron chi connectivity index (χ4n) is 1.72. The molecule has 0 saturated carbocycles. The first-order valence-corrected chi connectivity index (χ1v) is 6.02. The molecule has 1 amide bonds. The van der Waals surface area contributed by atoms with Crippen molar-refractivity contribution in [3.05, 3.63) is 58.9 Å². The summed E-state index contributed by atoms with van der Waals surface area (Å²) in [4.78, 5) is 27.1. The lowest BCUT2D eigenvalue weighted by Crippen LogP contribution is -2.16. The Morgan fingerprint density at radius 2 is 2.05 bits per heavy atom. The van der Waals surface area contributed by atoms with E-state index >= 15 is 0 Å². The minimum absolute atomic E-state index is 0.0111. The fourth-order valence-corrected chi connectivity index (χ4v) is 1.72. The number of benzene rings is 1. The van der Waals surface area contributed by atoms with Crippen LogP contribution in [0, 0.1) is 18.3 Å². The van der Waals surface area contributed by atoms with E-state index in [0.29, 0.717) is 5.56 Å². The highest BCUT2D eigenvalue weighted by atomic mass is 16.4. The number of amides is 1. The smallest absolute Gasteiger partial charge is 0.337 e. The zero-order valence-electron chi connectivity index (χ0n) is 11.1. The zero-order chi connectivity index (χ0) is 15.4. The number of carboxylic acid groups (broad SMARTS) is 1. The number of pyridine rings is 1. The number of anilines is 1. The highest BCUT2D eigenvalue weighted by Crippen LogP contribution is 2.18. The molecular weight excluding hydrogens is 270 g/mol. The van der Waals surface area contributed by atoms with Crippen LogP contribution < -0.4 is 5.32 Å². The number of nitrogens with one attached hydrogen (secondary N) is 1. The van der Waals surface area contributed by atoms with Crippen LogP contribution in [0.2, 0.25) is 0 Å². The number of hydrogen-bond acceptors (Lipinski definition) is 4. The molecule has 1 heterocycles. The topological polar surface area (TPSA) is 103 Å². The number of carbonyl (C=O) groups excluding carboxylic acids is 1. The molecule has 2 N–H and O–H groups in total. The molecule has 0 saturated heterocycles. The Morgan fingerprint density at radius 1 is 1.29 bits per heavy atom. The maximum Gasteiger partial charge on any atom is 0.337 e. The van der Waals surface area contributed by atoms with Gasteiger partial charge in [-0.15, -0.1) is 0 Å². The second-order valence-corrected chi connectivity index (χ2v) is 4.35. The Balaban J connectivity index is 2.27. The van der Waals surface area contributed by atoms with Gasteiger partial charge in [-0.3, -0.25) is 4.79 Å². The lowest BCUT2D eigenvalue weighted by atomic mass is 10.1. The molecule has 21 heavy (non-hydrogen) atoms. The third-order valence-electron chi connectivity index (χ3n) is 2.78. The van der Waals surface area contributed by atoms with Gasteiger partial charge in [0.25, 0.3) is 5.91 Å². The van der Waals surface area contributed by atoms with Crippen molar-refractivity contribution in [3.8, 4) is 6.07 Å². The summed E-state index contributed by atoms with van der Waals surface area (Å²) >= 11 is 0. The monoisotopic (exact) mass is 281 g/mol. The van der Waals surface area contributed by atoms with Gasteiger partial charge in [-0.2, -0.15) is 5.26 Å². The van der Waals surface area contributed by atoms with E-state index in [4.69, 9.17) is 10.4 Å². The van der Waals surface area contributed by atoms with Crippen LogP contribution >= 0.6 is 0 Å². The van der Waals surface area contributed by atoms with Crippen LogP contribution in [0.1, 0.15) is 32.0 Å². The van der Waals surface area contributed by atoms with Gasteiger partial charge in [0.2, 0.25) is 0 Å². The number of carboxylic acids is 1. The van der Waals surface area contributed by atoms with Gasteiger partial charge in [0.05, 0.1) is 16.8 Å². The Hall–Kier alpha value is -3.20. The summed E-state index contributed by atoms with van der Waals surface area (Å²) in [5.74, 6) is -1.66. The van der Waals surface area contributed by atoms with Gasteiger partial charge >= 0.3 is 5.97 Å². The number of aromatic nitrogens is 1. The third-order valence-corrected chi connectivity index (χ3v) is 2.78. The molecule has 0 atom stereocenters. The first kappa shape index (κ1) is 14.2. The van der Waals surface area contributed by atoms with E-state index in [1.165, 1.54) is 30.5 Å². The Bertz CT molecular complexity index is 746. The van der Waals surface area contributed by atoms with E-state index in [9.17, 15) is 9.59 Å². The second-order valence-electron chi connectivity index (χ2n) is 4.35. The van der Waals surface area contributed by atoms with Crippen molar-refractivity contribution in [2.75, 3.05) is 5.32 Å². The van der Waals surface area contributed by atoms with Crippen LogP contribution in [0.3, 0.4) is 0 Å². The van der Waals surface area contributed by atoms with E-state index in [2.05, 4.69) is 10.3 Å². The Morgan fingerprint density at radius 3 is 2.62 bits per heavy atom. The van der Waals surface area contributed by atoms with Crippen molar-refractivity contribution >= 4 is 17.6 Å². The molecule has 0 aliphatic heterocycles. The molecule has 0 fully saturated rings. The SMILES string of the molecule is Cc1ccc(NC(=O)c2ccc(C#N)cn2)c(C(=O)O)c1. The Kier molecular flexibility index (Phi) is 3.95. The lowest BCUT2D eigenvalue weighted by Gasteiger charge is -2.09. The van der Waals surface area contributed by atoms with E-state index in [1.54, 1.807) is 13.0 Å². The number of hydrogen-bond donors (Lipinski definition) is 2. The highest BCUT2D eigenvalue weighted by Gasteiger charge is 2.14. The van der Waals surface area contributed by atoms with Gasteiger partial charge in [-0.1, -0.05) is 11.6 Å². The number of aryl methyl sites for hydroxylation is 1. The maximum atomic E-state index is 12.0. The summed E-state index contributed by atoms with van der Waals surface area (Å²) in [5, 5.41) is 20.3. The van der Waals surface area contributed by atoms with Crippen LogP contribution in [0.4, 0.5) is 5.69 Å². The summed E-state index contributed by atoms with van der Waals surface area (Å²) in [6, 6.07) is 9.48. The van der Waals surface area contributed by atoms with Gasteiger partial charge < -0.3 is 10.4 Å². The molecule has 0 aliphatic carbocycles. The van der Waals surface area contributed by atoms with Crippen LogP contribution in [-0.4, -0.2) is 22.0 Å². The number of nitriles is 1. The molecule has 0 unspecified atom stereocenters. The van der Waals surface area contributed by atoms with Crippen molar-refractivity contribution in [3.63, 3.8) is 0 Å². The average molecular weight is 281 g/mol. The van der Waals surface area contributed by atoms with Crippen molar-refractivity contribution in [2.45, 2.75) is 6.92 Å². The number of carbonyl (C=O) groups is 2. The average Bonchev–Trinajstić information content (AvgIpc) is 2.49.